The first kappa shape index (κ1) is 26.8. The van der Waals surface area contributed by atoms with Crippen molar-refractivity contribution in [3.8, 4) is 12.1 Å². The molecular formula is C20H32N2O5Si2. The summed E-state index contributed by atoms with van der Waals surface area (Å²) in [6.07, 6.45) is 7.89. The lowest BCUT2D eigenvalue weighted by atomic mass is 10.3. The Kier molecular flexibility index (Phi) is 13.6. The highest BCUT2D eigenvalue weighted by Gasteiger charge is 2.32. The van der Waals surface area contributed by atoms with Crippen molar-refractivity contribution in [3.63, 3.8) is 0 Å². The number of rotatable bonds is 14. The molecular weight excluding hydrogens is 404 g/mol. The van der Waals surface area contributed by atoms with Gasteiger partial charge in [0.2, 0.25) is 0 Å². The molecule has 7 nitrogen and oxygen atoms in total. The van der Waals surface area contributed by atoms with Crippen molar-refractivity contribution in [3.05, 3.63) is 24.3 Å². The van der Waals surface area contributed by atoms with Crippen LogP contribution in [0.3, 0.4) is 0 Å². The van der Waals surface area contributed by atoms with Crippen LogP contribution in [0.1, 0.15) is 25.7 Å². The minimum Gasteiger partial charge on any atom is -0.463 e. The summed E-state index contributed by atoms with van der Waals surface area (Å²) in [7, 11) is -3.60. The number of hydrogen-bond acceptors (Lipinski definition) is 7. The van der Waals surface area contributed by atoms with Gasteiger partial charge in [0.1, 0.15) is 0 Å². The second-order valence-electron chi connectivity index (χ2n) is 7.80. The fourth-order valence-corrected chi connectivity index (χ4v) is 11.8. The first-order valence-corrected chi connectivity index (χ1v) is 16.0. The Balaban J connectivity index is 4.03. The SMILES string of the molecule is C[Si](C)(CCCCOC(=O)C=CC#N)O[Si](C)(C)CCCCOC(=O)C=CC#N. The van der Waals surface area contributed by atoms with E-state index in [1.807, 2.05) is 0 Å². The molecule has 0 N–H and O–H groups in total. The summed E-state index contributed by atoms with van der Waals surface area (Å²) < 4.78 is 16.6. The number of nitriles is 2. The predicted octanol–water partition coefficient (Wildman–Crippen LogP) is 4.22. The third-order valence-electron chi connectivity index (χ3n) is 3.98. The van der Waals surface area contributed by atoms with E-state index in [0.717, 1.165) is 62.1 Å². The Bertz CT molecular complexity index is 605. The van der Waals surface area contributed by atoms with E-state index in [1.54, 1.807) is 12.1 Å². The molecule has 0 aromatic rings. The van der Waals surface area contributed by atoms with Crippen molar-refractivity contribution in [2.45, 2.75) is 64.0 Å². The molecule has 0 atom stereocenters. The van der Waals surface area contributed by atoms with Crippen LogP contribution in [-0.2, 0) is 23.2 Å². The summed E-state index contributed by atoms with van der Waals surface area (Å²) in [5.41, 5.74) is 0. The molecule has 0 bridgehead atoms. The number of nitrogens with zero attached hydrogens (tertiary/aromatic N) is 2. The average molecular weight is 437 g/mol. The number of carbonyl (C=O) groups excluding carboxylic acids is 2. The van der Waals surface area contributed by atoms with Crippen LogP contribution in [-0.4, -0.2) is 41.8 Å². The van der Waals surface area contributed by atoms with E-state index in [0.29, 0.717) is 13.2 Å². The minimum atomic E-state index is -1.80. The normalized spacial score (nSPS) is 11.9. The summed E-state index contributed by atoms with van der Waals surface area (Å²) in [6, 6.07) is 5.50. The van der Waals surface area contributed by atoms with Crippen LogP contribution in [0.2, 0.25) is 38.3 Å². The highest BCUT2D eigenvalue weighted by molar-refractivity contribution is 6.84. The lowest BCUT2D eigenvalue weighted by Gasteiger charge is -2.34. The highest BCUT2D eigenvalue weighted by atomic mass is 28.4. The quantitative estimate of drug-likeness (QED) is 0.132. The molecule has 0 unspecified atom stereocenters. The molecule has 9 heteroatoms. The number of allylic oxidation sites excluding steroid dienone is 2. The van der Waals surface area contributed by atoms with Gasteiger partial charge in [-0.2, -0.15) is 10.5 Å². The zero-order chi connectivity index (χ0) is 22.2. The van der Waals surface area contributed by atoms with Crippen LogP contribution < -0.4 is 0 Å². The molecule has 0 aromatic heterocycles. The van der Waals surface area contributed by atoms with Crippen LogP contribution in [0.25, 0.3) is 0 Å². The summed E-state index contributed by atoms with van der Waals surface area (Å²) in [5, 5.41) is 16.7. The lowest BCUT2D eigenvalue weighted by molar-refractivity contribution is -0.138. The monoisotopic (exact) mass is 436 g/mol. The largest absolute Gasteiger partial charge is 0.463 e. The van der Waals surface area contributed by atoms with Crippen LogP contribution in [0.4, 0.5) is 0 Å². The maximum atomic E-state index is 11.3. The highest BCUT2D eigenvalue weighted by Crippen LogP contribution is 2.24. The lowest BCUT2D eigenvalue weighted by Crippen LogP contribution is -2.44. The maximum absolute atomic E-state index is 11.3. The summed E-state index contributed by atoms with van der Waals surface area (Å²) in [6.45, 7) is 9.56. The number of hydrogen-bond donors (Lipinski definition) is 0. The molecule has 0 radical (unpaired) electrons. The van der Waals surface area contributed by atoms with Crippen LogP contribution in [0, 0.1) is 22.7 Å². The van der Waals surface area contributed by atoms with Gasteiger partial charge in [-0.25, -0.2) is 9.59 Å². The van der Waals surface area contributed by atoms with Crippen molar-refractivity contribution in [2.75, 3.05) is 13.2 Å². The molecule has 0 aliphatic rings. The van der Waals surface area contributed by atoms with Crippen LogP contribution in [0.5, 0.6) is 0 Å². The van der Waals surface area contributed by atoms with Gasteiger partial charge < -0.3 is 13.6 Å². The number of carbonyl (C=O) groups is 2. The molecule has 29 heavy (non-hydrogen) atoms. The summed E-state index contributed by atoms with van der Waals surface area (Å²) in [5.74, 6) is -0.973. The van der Waals surface area contributed by atoms with Gasteiger partial charge in [-0.05, 0) is 51.1 Å². The van der Waals surface area contributed by atoms with E-state index in [-0.39, 0.29) is 0 Å². The number of esters is 2. The Morgan fingerprint density at radius 2 is 1.14 bits per heavy atom. The Morgan fingerprint density at radius 1 is 0.759 bits per heavy atom. The van der Waals surface area contributed by atoms with E-state index >= 15 is 0 Å². The zero-order valence-corrected chi connectivity index (χ0v) is 19.9. The summed E-state index contributed by atoms with van der Waals surface area (Å²) in [4.78, 5) is 22.5. The van der Waals surface area contributed by atoms with Crippen molar-refractivity contribution >= 4 is 28.6 Å². The fourth-order valence-electron chi connectivity index (χ4n) is 2.81. The first-order chi connectivity index (χ1) is 13.6. The second kappa shape index (κ2) is 14.7. The van der Waals surface area contributed by atoms with Gasteiger partial charge >= 0.3 is 11.9 Å². The number of ether oxygens (including phenoxy) is 2. The molecule has 0 heterocycles. The van der Waals surface area contributed by atoms with Crippen LogP contribution >= 0.6 is 0 Å². The third kappa shape index (κ3) is 16.5. The molecule has 0 aliphatic carbocycles. The van der Waals surface area contributed by atoms with Gasteiger partial charge in [-0.3, -0.25) is 0 Å². The van der Waals surface area contributed by atoms with Gasteiger partial charge in [-0.15, -0.1) is 0 Å². The van der Waals surface area contributed by atoms with E-state index in [1.165, 1.54) is 0 Å². The van der Waals surface area contributed by atoms with Gasteiger partial charge in [0.25, 0.3) is 0 Å². The van der Waals surface area contributed by atoms with E-state index in [4.69, 9.17) is 24.1 Å². The molecule has 0 amide bonds. The Labute approximate surface area is 176 Å². The van der Waals surface area contributed by atoms with E-state index in [2.05, 4.69) is 26.2 Å². The molecule has 0 spiro atoms. The van der Waals surface area contributed by atoms with Gasteiger partial charge in [0.05, 0.1) is 25.4 Å². The van der Waals surface area contributed by atoms with E-state index in [9.17, 15) is 9.59 Å². The Hall–Kier alpha value is -2.21. The molecule has 0 saturated heterocycles. The molecule has 0 aliphatic heterocycles. The average Bonchev–Trinajstić information content (AvgIpc) is 2.62. The maximum Gasteiger partial charge on any atom is 0.331 e. The predicted molar refractivity (Wildman–Crippen MR) is 116 cm³/mol. The van der Waals surface area contributed by atoms with E-state index < -0.39 is 28.6 Å². The van der Waals surface area contributed by atoms with Gasteiger partial charge in [0, 0.05) is 24.3 Å². The first-order valence-electron chi connectivity index (χ1n) is 9.78. The molecule has 0 aromatic carbocycles. The van der Waals surface area contributed by atoms with Crippen molar-refractivity contribution in [2.24, 2.45) is 0 Å². The standard InChI is InChI=1S/C20H32N2O5Si2/c1-28(2,17-7-5-15-25-19(23)11-9-13-21)27-29(3,4)18-8-6-16-26-20(24)12-10-14-22/h9-12H,5-8,15-18H2,1-4H3. The van der Waals surface area contributed by atoms with Gasteiger partial charge in [0.15, 0.2) is 16.6 Å². The second-order valence-corrected chi connectivity index (χ2v) is 16.7. The molecule has 160 valence electrons. The molecule has 0 fully saturated rings. The topological polar surface area (TPSA) is 109 Å². The smallest absolute Gasteiger partial charge is 0.331 e. The summed E-state index contributed by atoms with van der Waals surface area (Å²) >= 11 is 0. The van der Waals surface area contributed by atoms with Crippen LogP contribution in [0.15, 0.2) is 24.3 Å². The van der Waals surface area contributed by atoms with Crippen molar-refractivity contribution < 1.29 is 23.2 Å². The molecule has 0 saturated carbocycles. The van der Waals surface area contributed by atoms with Crippen molar-refractivity contribution in [1.82, 2.24) is 0 Å². The van der Waals surface area contributed by atoms with Crippen molar-refractivity contribution in [1.29, 1.82) is 10.5 Å². The third-order valence-corrected chi connectivity index (χ3v) is 11.5. The minimum absolute atomic E-state index is 0.349. The zero-order valence-electron chi connectivity index (χ0n) is 17.9. The molecule has 0 rings (SSSR count). The fraction of sp³-hybridized carbons (Fsp3) is 0.600. The Morgan fingerprint density at radius 3 is 1.48 bits per heavy atom. The number of unbranched alkanes of at least 4 members (excludes halogenated alkanes) is 2. The van der Waals surface area contributed by atoms with Gasteiger partial charge in [-0.1, -0.05) is 12.8 Å².